The Kier molecular flexibility index (Phi) is 7.45. The Morgan fingerprint density at radius 3 is 2.84 bits per heavy atom. The van der Waals surface area contributed by atoms with Crippen molar-refractivity contribution < 1.29 is 14.3 Å². The van der Waals surface area contributed by atoms with E-state index in [4.69, 9.17) is 20.3 Å². The normalized spacial score (nSPS) is 14.9. The van der Waals surface area contributed by atoms with Gasteiger partial charge in [0.2, 0.25) is 5.91 Å². The molecule has 1 aliphatic heterocycles. The number of ether oxygens (including phenoxy) is 2. The third-order valence-corrected chi connectivity index (χ3v) is 6.18. The molecule has 0 saturated carbocycles. The quantitative estimate of drug-likeness (QED) is 0.298. The first kappa shape index (κ1) is 24.8. The Morgan fingerprint density at radius 1 is 1.16 bits per heavy atom. The van der Waals surface area contributed by atoms with E-state index in [9.17, 15) is 4.79 Å². The van der Waals surface area contributed by atoms with E-state index in [1.807, 2.05) is 41.1 Å². The molecule has 0 radical (unpaired) electrons. The lowest BCUT2D eigenvalue weighted by Gasteiger charge is -2.32. The molecule has 1 saturated heterocycles. The third-order valence-electron chi connectivity index (χ3n) is 6.18. The molecule has 10 nitrogen and oxygen atoms in total. The third kappa shape index (κ3) is 5.57. The fraction of sp³-hybridized carbons (Fsp3) is 0.250. The van der Waals surface area contributed by atoms with Crippen LogP contribution in [0, 0.1) is 11.8 Å². The van der Waals surface area contributed by atoms with Crippen LogP contribution in [0.15, 0.2) is 67.6 Å². The predicted molar refractivity (Wildman–Crippen MR) is 142 cm³/mol. The topological polar surface area (TPSA) is 121 Å². The maximum atomic E-state index is 12.2. The molecule has 3 aromatic heterocycles. The second-order valence-corrected chi connectivity index (χ2v) is 8.71. The summed E-state index contributed by atoms with van der Waals surface area (Å²) in [5.74, 6) is 7.59. The molecule has 4 heterocycles. The predicted octanol–water partition coefficient (Wildman–Crippen LogP) is 3.16. The largest absolute Gasteiger partial charge is 0.487 e. The number of pyridine rings is 1. The number of likely N-dealkylation sites (tertiary alicyclic amines) is 1. The van der Waals surface area contributed by atoms with Gasteiger partial charge in [-0.15, -0.1) is 0 Å². The molecular formula is C28H27N7O3. The van der Waals surface area contributed by atoms with E-state index in [2.05, 4.69) is 33.4 Å². The summed E-state index contributed by atoms with van der Waals surface area (Å²) >= 11 is 0. The van der Waals surface area contributed by atoms with E-state index >= 15 is 0 Å². The molecule has 5 rings (SSSR count). The zero-order valence-electron chi connectivity index (χ0n) is 20.8. The molecule has 0 spiro atoms. The van der Waals surface area contributed by atoms with Crippen molar-refractivity contribution in [3.63, 3.8) is 0 Å². The highest BCUT2D eigenvalue weighted by atomic mass is 16.5. The first-order chi connectivity index (χ1) is 18.6. The molecule has 0 aliphatic carbocycles. The molecule has 10 heteroatoms. The van der Waals surface area contributed by atoms with E-state index in [-0.39, 0.29) is 18.6 Å². The van der Waals surface area contributed by atoms with Crippen molar-refractivity contribution >= 4 is 22.8 Å². The standard InChI is InChI=1S/C28H27N7O3/c1-2-25(36)34-14-6-9-21(17-34)35-28-26(27(29)31-19-32-28)24(33-35)12-7-15-37-22-10-5-11-23(16-22)38-18-20-8-3-4-13-30-20/h2-5,8,10-11,13,16,19,21H,1,6,9,14-15,17-18H2,(H2,29,31,32)/t21-/m1/s1. The summed E-state index contributed by atoms with van der Waals surface area (Å²) in [5.41, 5.74) is 8.09. The lowest BCUT2D eigenvalue weighted by atomic mass is 10.1. The molecule has 1 fully saturated rings. The summed E-state index contributed by atoms with van der Waals surface area (Å²) in [6.07, 6.45) is 6.19. The van der Waals surface area contributed by atoms with Gasteiger partial charge in [-0.05, 0) is 49.1 Å². The number of piperidine rings is 1. The van der Waals surface area contributed by atoms with Crippen LogP contribution in [0.2, 0.25) is 0 Å². The molecule has 192 valence electrons. The number of hydrogen-bond acceptors (Lipinski definition) is 8. The number of carbonyl (C=O) groups is 1. The minimum Gasteiger partial charge on any atom is -0.487 e. The maximum absolute atomic E-state index is 12.2. The van der Waals surface area contributed by atoms with Crippen molar-refractivity contribution in [1.29, 1.82) is 0 Å². The number of rotatable bonds is 7. The molecule has 1 aliphatic rings. The first-order valence-electron chi connectivity index (χ1n) is 12.3. The van der Waals surface area contributed by atoms with E-state index in [1.165, 1.54) is 12.4 Å². The second-order valence-electron chi connectivity index (χ2n) is 8.71. The molecule has 2 N–H and O–H groups in total. The van der Waals surface area contributed by atoms with Crippen LogP contribution in [0.5, 0.6) is 11.5 Å². The molecule has 4 aromatic rings. The number of aromatic nitrogens is 5. The number of nitrogens with two attached hydrogens (primary N) is 1. The van der Waals surface area contributed by atoms with Gasteiger partial charge in [-0.2, -0.15) is 5.10 Å². The van der Waals surface area contributed by atoms with Crippen molar-refractivity contribution in [2.75, 3.05) is 25.4 Å². The van der Waals surface area contributed by atoms with E-state index in [1.54, 1.807) is 17.2 Å². The fourth-order valence-electron chi connectivity index (χ4n) is 4.35. The van der Waals surface area contributed by atoms with Gasteiger partial charge >= 0.3 is 0 Å². The van der Waals surface area contributed by atoms with Crippen LogP contribution in [-0.2, 0) is 11.4 Å². The number of hydrogen-bond donors (Lipinski definition) is 1. The van der Waals surface area contributed by atoms with Gasteiger partial charge in [0.15, 0.2) is 5.65 Å². The summed E-state index contributed by atoms with van der Waals surface area (Å²) in [7, 11) is 0. The van der Waals surface area contributed by atoms with Crippen LogP contribution in [0.25, 0.3) is 11.0 Å². The van der Waals surface area contributed by atoms with E-state index in [0.29, 0.717) is 53.7 Å². The fourth-order valence-corrected chi connectivity index (χ4v) is 4.35. The average molecular weight is 510 g/mol. The summed E-state index contributed by atoms with van der Waals surface area (Å²) in [4.78, 5) is 26.7. The molecule has 1 atom stereocenters. The number of fused-ring (bicyclic) bond motifs is 1. The zero-order valence-corrected chi connectivity index (χ0v) is 20.8. The van der Waals surface area contributed by atoms with Crippen molar-refractivity contribution in [2.24, 2.45) is 0 Å². The molecule has 1 amide bonds. The average Bonchev–Trinajstić information content (AvgIpc) is 3.34. The number of anilines is 1. The molecule has 0 bridgehead atoms. The van der Waals surface area contributed by atoms with Crippen molar-refractivity contribution in [3.05, 3.63) is 79.0 Å². The minimum atomic E-state index is -0.0938. The van der Waals surface area contributed by atoms with E-state index in [0.717, 1.165) is 18.5 Å². The van der Waals surface area contributed by atoms with Crippen LogP contribution in [0.4, 0.5) is 5.82 Å². The molecule has 1 aromatic carbocycles. The van der Waals surface area contributed by atoms with Crippen molar-refractivity contribution in [3.8, 4) is 23.3 Å². The molecular weight excluding hydrogens is 482 g/mol. The highest BCUT2D eigenvalue weighted by molar-refractivity contribution is 5.90. The number of nitrogen functional groups attached to an aromatic ring is 1. The monoisotopic (exact) mass is 509 g/mol. The number of benzene rings is 1. The minimum absolute atomic E-state index is 0.0509. The van der Waals surface area contributed by atoms with Crippen LogP contribution in [-0.4, -0.2) is 55.2 Å². The van der Waals surface area contributed by atoms with E-state index < -0.39 is 0 Å². The lowest BCUT2D eigenvalue weighted by molar-refractivity contribution is -0.127. The zero-order chi connectivity index (χ0) is 26.3. The Balaban J connectivity index is 1.29. The number of carbonyl (C=O) groups excluding carboxylic acids is 1. The maximum Gasteiger partial charge on any atom is 0.246 e. The van der Waals surface area contributed by atoms with Gasteiger partial charge in [-0.25, -0.2) is 14.6 Å². The SMILES string of the molecule is C=CC(=O)N1CCC[C@@H](n2nc(C#CCOc3cccc(OCc4ccccn4)c3)c3c(N)ncnc32)C1. The van der Waals surface area contributed by atoms with Gasteiger partial charge in [-0.1, -0.05) is 24.6 Å². The van der Waals surface area contributed by atoms with Gasteiger partial charge in [0.25, 0.3) is 0 Å². The Morgan fingerprint density at radius 2 is 2.03 bits per heavy atom. The van der Waals surface area contributed by atoms with Gasteiger partial charge in [0, 0.05) is 25.4 Å². The second kappa shape index (κ2) is 11.4. The summed E-state index contributed by atoms with van der Waals surface area (Å²) in [6.45, 7) is 5.31. The van der Waals surface area contributed by atoms with Crippen LogP contribution in [0.1, 0.15) is 30.3 Å². The number of nitrogens with zero attached hydrogens (tertiary/aromatic N) is 6. The van der Waals surface area contributed by atoms with Gasteiger partial charge in [-0.3, -0.25) is 9.78 Å². The van der Waals surface area contributed by atoms with Crippen molar-refractivity contribution in [2.45, 2.75) is 25.5 Å². The highest BCUT2D eigenvalue weighted by Gasteiger charge is 2.27. The van der Waals surface area contributed by atoms with Crippen LogP contribution < -0.4 is 15.2 Å². The Bertz CT molecular complexity index is 1510. The van der Waals surface area contributed by atoms with Gasteiger partial charge < -0.3 is 20.1 Å². The number of amides is 1. The van der Waals surface area contributed by atoms with Gasteiger partial charge in [0.05, 0.1) is 17.1 Å². The molecule has 38 heavy (non-hydrogen) atoms. The lowest BCUT2D eigenvalue weighted by Crippen LogP contribution is -2.40. The summed E-state index contributed by atoms with van der Waals surface area (Å²) in [5, 5.41) is 5.32. The summed E-state index contributed by atoms with van der Waals surface area (Å²) < 4.78 is 13.4. The highest BCUT2D eigenvalue weighted by Crippen LogP contribution is 2.28. The van der Waals surface area contributed by atoms with Crippen LogP contribution >= 0.6 is 0 Å². The smallest absolute Gasteiger partial charge is 0.246 e. The van der Waals surface area contributed by atoms with Crippen LogP contribution in [0.3, 0.4) is 0 Å². The van der Waals surface area contributed by atoms with Gasteiger partial charge in [0.1, 0.15) is 42.6 Å². The molecule has 0 unspecified atom stereocenters. The first-order valence-corrected chi connectivity index (χ1v) is 12.3. The van der Waals surface area contributed by atoms with Crippen molar-refractivity contribution in [1.82, 2.24) is 29.6 Å². The Labute approximate surface area is 220 Å². The Hall–Kier alpha value is -4.91. The summed E-state index contributed by atoms with van der Waals surface area (Å²) in [6, 6.07) is 13.0.